The predicted octanol–water partition coefficient (Wildman–Crippen LogP) is 7.25. The van der Waals surface area contributed by atoms with E-state index in [1.165, 1.54) is 11.8 Å². The molecule has 11 nitrogen and oxygen atoms in total. The number of rotatable bonds is 15. The zero-order chi connectivity index (χ0) is 36.3. The molecule has 3 N–H and O–H groups in total. The van der Waals surface area contributed by atoms with Gasteiger partial charge in [0.05, 0.1) is 24.4 Å². The molecule has 14 heteroatoms. The third-order valence-electron chi connectivity index (χ3n) is 8.00. The van der Waals surface area contributed by atoms with Crippen LogP contribution >= 0.6 is 34.7 Å². The summed E-state index contributed by atoms with van der Waals surface area (Å²) in [5.74, 6) is 0.796. The first-order valence-electron chi connectivity index (χ1n) is 16.5. The van der Waals surface area contributed by atoms with Gasteiger partial charge in [-0.2, -0.15) is 5.26 Å². The normalized spacial score (nSPS) is 13.0. The molecule has 1 aliphatic heterocycles. The summed E-state index contributed by atoms with van der Waals surface area (Å²) >= 11 is 9.03. The van der Waals surface area contributed by atoms with Crippen LogP contribution in [0.2, 0.25) is 5.02 Å². The van der Waals surface area contributed by atoms with Crippen molar-refractivity contribution in [2.45, 2.75) is 49.9 Å². The average Bonchev–Trinajstić information content (AvgIpc) is 3.85. The molecular weight excluding hydrogens is 706 g/mol. The highest BCUT2D eigenvalue weighted by Crippen LogP contribution is 2.45. The van der Waals surface area contributed by atoms with Crippen molar-refractivity contribution in [2.75, 3.05) is 37.7 Å². The van der Waals surface area contributed by atoms with E-state index in [-0.39, 0.29) is 25.7 Å². The number of nitrogens with zero attached hydrogens (tertiary/aromatic N) is 5. The molecule has 0 spiro atoms. The first-order valence-corrected chi connectivity index (χ1v) is 18.8. The SMILES string of the molecule is [C-]#[N+]c1c(N2CCCC2)nc(SCc2csc(-c3ccc(Cl)cc3)n2)c(C#N)c1-c1ccc(OCCOC(=O)[C@H](CC(C)C)NC(=O)CN)cc1. The molecule has 5 rings (SSSR count). The number of hydrogen-bond donors (Lipinski definition) is 2. The lowest BCUT2D eigenvalue weighted by Gasteiger charge is -2.22. The number of aromatic nitrogens is 2. The van der Waals surface area contributed by atoms with Gasteiger partial charge in [0.2, 0.25) is 11.6 Å². The fourth-order valence-corrected chi connectivity index (χ4v) is 7.52. The Morgan fingerprint density at radius 3 is 2.47 bits per heavy atom. The van der Waals surface area contributed by atoms with Gasteiger partial charge in [-0.3, -0.25) is 4.79 Å². The molecule has 0 unspecified atom stereocenters. The Bertz CT molecular complexity index is 1920. The van der Waals surface area contributed by atoms with Crippen LogP contribution < -0.4 is 20.7 Å². The highest BCUT2D eigenvalue weighted by Gasteiger charge is 2.27. The maximum absolute atomic E-state index is 12.6. The Labute approximate surface area is 311 Å². The number of carbonyl (C=O) groups excluding carboxylic acids is 2. The largest absolute Gasteiger partial charge is 0.490 e. The van der Waals surface area contributed by atoms with Crippen molar-refractivity contribution >= 4 is 58.1 Å². The molecule has 1 amide bonds. The molecule has 264 valence electrons. The molecule has 51 heavy (non-hydrogen) atoms. The minimum Gasteiger partial charge on any atom is -0.490 e. The Balaban J connectivity index is 1.33. The van der Waals surface area contributed by atoms with E-state index in [2.05, 4.69) is 21.1 Å². The number of amides is 1. The van der Waals surface area contributed by atoms with E-state index in [1.54, 1.807) is 23.5 Å². The van der Waals surface area contributed by atoms with E-state index >= 15 is 0 Å². The second-order valence-electron chi connectivity index (χ2n) is 12.2. The Morgan fingerprint density at radius 1 is 1.12 bits per heavy atom. The van der Waals surface area contributed by atoms with E-state index in [1.807, 2.05) is 55.6 Å². The van der Waals surface area contributed by atoms with Crippen LogP contribution in [0.5, 0.6) is 5.75 Å². The molecule has 0 saturated carbocycles. The van der Waals surface area contributed by atoms with Gasteiger partial charge in [0.15, 0.2) is 0 Å². The van der Waals surface area contributed by atoms with Gasteiger partial charge in [0.25, 0.3) is 0 Å². The van der Waals surface area contributed by atoms with Gasteiger partial charge in [-0.25, -0.2) is 19.6 Å². The topological polar surface area (TPSA) is 148 Å². The van der Waals surface area contributed by atoms with Crippen LogP contribution in [0.4, 0.5) is 11.5 Å². The molecule has 0 aliphatic carbocycles. The number of benzene rings is 2. The van der Waals surface area contributed by atoms with Crippen molar-refractivity contribution in [3.8, 4) is 33.5 Å². The highest BCUT2D eigenvalue weighted by molar-refractivity contribution is 7.98. The van der Waals surface area contributed by atoms with Crippen molar-refractivity contribution in [1.82, 2.24) is 15.3 Å². The number of carbonyl (C=O) groups is 2. The third kappa shape index (κ3) is 9.78. The van der Waals surface area contributed by atoms with Gasteiger partial charge in [0.1, 0.15) is 46.9 Å². The summed E-state index contributed by atoms with van der Waals surface area (Å²) in [6, 6.07) is 16.2. The highest BCUT2D eigenvalue weighted by atomic mass is 35.5. The van der Waals surface area contributed by atoms with Crippen LogP contribution in [0, 0.1) is 23.8 Å². The quantitative estimate of drug-likeness (QED) is 0.0552. The number of thioether (sulfide) groups is 1. The summed E-state index contributed by atoms with van der Waals surface area (Å²) in [4.78, 5) is 40.1. The molecule has 2 aromatic heterocycles. The van der Waals surface area contributed by atoms with E-state index in [0.717, 1.165) is 42.2 Å². The molecule has 1 aliphatic rings. The summed E-state index contributed by atoms with van der Waals surface area (Å²) in [6.45, 7) is 13.5. The van der Waals surface area contributed by atoms with Crippen molar-refractivity contribution in [3.05, 3.63) is 81.6 Å². The number of thiazole rings is 1. The van der Waals surface area contributed by atoms with Crippen LogP contribution in [-0.4, -0.2) is 60.7 Å². The molecule has 3 heterocycles. The van der Waals surface area contributed by atoms with Crippen LogP contribution in [0.1, 0.15) is 44.4 Å². The minimum absolute atomic E-state index is 0.0154. The van der Waals surface area contributed by atoms with E-state index in [0.29, 0.717) is 56.2 Å². The summed E-state index contributed by atoms with van der Waals surface area (Å²) in [7, 11) is 0. The molecule has 1 atom stereocenters. The molecule has 1 fully saturated rings. The zero-order valence-electron chi connectivity index (χ0n) is 28.4. The first-order chi connectivity index (χ1) is 24.7. The number of hydrogen-bond acceptors (Lipinski definition) is 11. The number of ether oxygens (including phenoxy) is 2. The summed E-state index contributed by atoms with van der Waals surface area (Å²) in [5, 5.41) is 17.2. The van der Waals surface area contributed by atoms with E-state index in [9.17, 15) is 14.9 Å². The molecule has 0 bridgehead atoms. The monoisotopic (exact) mass is 743 g/mol. The molecular formula is C37H38ClN7O4S2. The summed E-state index contributed by atoms with van der Waals surface area (Å²) in [6.07, 6.45) is 2.44. The number of anilines is 1. The van der Waals surface area contributed by atoms with Gasteiger partial charge in [-0.05, 0) is 55.0 Å². The molecule has 2 aromatic carbocycles. The lowest BCUT2D eigenvalue weighted by molar-refractivity contribution is -0.149. The zero-order valence-corrected chi connectivity index (χ0v) is 30.7. The number of nitrogens with two attached hydrogens (primary N) is 1. The van der Waals surface area contributed by atoms with Gasteiger partial charge in [0, 0.05) is 40.4 Å². The van der Waals surface area contributed by atoms with Crippen molar-refractivity contribution in [2.24, 2.45) is 11.7 Å². The van der Waals surface area contributed by atoms with E-state index < -0.39 is 17.9 Å². The minimum atomic E-state index is -0.784. The Morgan fingerprint density at radius 2 is 1.82 bits per heavy atom. The van der Waals surface area contributed by atoms with E-state index in [4.69, 9.17) is 43.3 Å². The number of nitrogens with one attached hydrogen (secondary N) is 1. The smallest absolute Gasteiger partial charge is 0.328 e. The maximum atomic E-state index is 12.6. The standard InChI is InChI=1S/C37H38ClN7O4S2/c1-23(2)18-30(43-31(46)20-40)37(47)49-17-16-48-28-12-8-24(9-13-28)32-29(19-39)36(44-34(33(32)41-3)45-14-4-5-15-45)51-22-27-21-50-35(42-27)25-6-10-26(38)11-7-25/h6-13,21,23,30H,4-5,14-18,20,22,40H2,1-2H3,(H,43,46)/t30-/m0/s1. The fourth-order valence-electron chi connectivity index (χ4n) is 5.59. The summed E-state index contributed by atoms with van der Waals surface area (Å²) < 4.78 is 11.2. The maximum Gasteiger partial charge on any atom is 0.328 e. The van der Waals surface area contributed by atoms with Gasteiger partial charge in [-0.1, -0.05) is 61.5 Å². The average molecular weight is 744 g/mol. The number of pyridine rings is 1. The summed E-state index contributed by atoms with van der Waals surface area (Å²) in [5.41, 5.74) is 9.13. The first kappa shape index (κ1) is 37.6. The Kier molecular flexibility index (Phi) is 13.3. The second-order valence-corrected chi connectivity index (χ2v) is 14.4. The van der Waals surface area contributed by atoms with Gasteiger partial charge >= 0.3 is 5.97 Å². The fraction of sp³-hybridized carbons (Fsp3) is 0.351. The predicted molar refractivity (Wildman–Crippen MR) is 201 cm³/mol. The molecule has 0 radical (unpaired) electrons. The molecule has 4 aromatic rings. The lowest BCUT2D eigenvalue weighted by atomic mass is 9.99. The van der Waals surface area contributed by atoms with Crippen LogP contribution in [0.3, 0.4) is 0 Å². The number of esters is 1. The third-order valence-corrected chi connectivity index (χ3v) is 10.2. The van der Waals surface area contributed by atoms with Gasteiger partial charge < -0.3 is 25.4 Å². The number of nitriles is 1. The lowest BCUT2D eigenvalue weighted by Crippen LogP contribution is -2.45. The Hall–Kier alpha value is -4.66. The van der Waals surface area contributed by atoms with Crippen LogP contribution in [0.25, 0.3) is 26.5 Å². The van der Waals surface area contributed by atoms with Crippen LogP contribution in [-0.2, 0) is 20.1 Å². The van der Waals surface area contributed by atoms with Crippen molar-refractivity contribution < 1.29 is 19.1 Å². The molecule has 1 saturated heterocycles. The number of halogens is 1. The van der Waals surface area contributed by atoms with Crippen molar-refractivity contribution in [3.63, 3.8) is 0 Å². The van der Waals surface area contributed by atoms with Crippen LogP contribution in [0.15, 0.2) is 58.9 Å². The second kappa shape index (κ2) is 18.0. The van der Waals surface area contributed by atoms with Gasteiger partial charge in [-0.15, -0.1) is 11.3 Å². The van der Waals surface area contributed by atoms with Crippen molar-refractivity contribution in [1.29, 1.82) is 5.26 Å².